The van der Waals surface area contributed by atoms with Gasteiger partial charge >= 0.3 is 0 Å². The van der Waals surface area contributed by atoms with E-state index in [1.54, 1.807) is 6.07 Å². The smallest absolute Gasteiger partial charge is 0.146 e. The summed E-state index contributed by atoms with van der Waals surface area (Å²) in [6, 6.07) is 3.16. The van der Waals surface area contributed by atoms with Crippen molar-refractivity contribution in [1.29, 1.82) is 0 Å². The van der Waals surface area contributed by atoms with E-state index in [9.17, 15) is 4.39 Å². The molecule has 16 heavy (non-hydrogen) atoms. The zero-order valence-electron chi connectivity index (χ0n) is 9.44. The van der Waals surface area contributed by atoms with Crippen LogP contribution in [0.2, 0.25) is 0 Å². The van der Waals surface area contributed by atoms with Crippen LogP contribution in [0.15, 0.2) is 16.6 Å². The second-order valence-corrected chi connectivity index (χ2v) is 4.96. The first kappa shape index (κ1) is 11.7. The van der Waals surface area contributed by atoms with Crippen LogP contribution in [0, 0.1) is 5.82 Å². The molecule has 2 nitrogen and oxygen atoms in total. The van der Waals surface area contributed by atoms with Crippen molar-refractivity contribution in [2.24, 2.45) is 0 Å². The van der Waals surface area contributed by atoms with E-state index in [-0.39, 0.29) is 11.4 Å². The topological polar surface area (TPSA) is 21.3 Å². The van der Waals surface area contributed by atoms with Gasteiger partial charge in [-0.3, -0.25) is 0 Å². The minimum Gasteiger partial charge on any atom is -0.483 e. The summed E-state index contributed by atoms with van der Waals surface area (Å²) >= 11 is 3.17. The molecule has 0 aliphatic carbocycles. The van der Waals surface area contributed by atoms with Gasteiger partial charge in [-0.1, -0.05) is 13.8 Å². The molecule has 1 aromatic rings. The molecule has 0 saturated heterocycles. The van der Waals surface area contributed by atoms with E-state index < -0.39 is 0 Å². The van der Waals surface area contributed by atoms with Gasteiger partial charge in [0.25, 0.3) is 0 Å². The molecular formula is C12H15BrFNO. The van der Waals surface area contributed by atoms with Crippen LogP contribution < -0.4 is 10.1 Å². The van der Waals surface area contributed by atoms with Crippen LogP contribution in [0.1, 0.15) is 26.7 Å². The number of hydrogen-bond acceptors (Lipinski definition) is 2. The summed E-state index contributed by atoms with van der Waals surface area (Å²) in [4.78, 5) is 0. The molecule has 1 aliphatic rings. The number of benzene rings is 1. The lowest BCUT2D eigenvalue weighted by Gasteiger charge is -2.38. The summed E-state index contributed by atoms with van der Waals surface area (Å²) in [5.74, 6) is 0.319. The maximum atomic E-state index is 13.4. The maximum absolute atomic E-state index is 13.4. The Morgan fingerprint density at radius 1 is 1.44 bits per heavy atom. The van der Waals surface area contributed by atoms with Crippen molar-refractivity contribution in [3.63, 3.8) is 0 Å². The van der Waals surface area contributed by atoms with Crippen molar-refractivity contribution in [1.82, 2.24) is 0 Å². The van der Waals surface area contributed by atoms with Crippen LogP contribution in [0.5, 0.6) is 5.75 Å². The fraction of sp³-hybridized carbons (Fsp3) is 0.500. The second-order valence-electron chi connectivity index (χ2n) is 4.11. The number of fused-ring (bicyclic) bond motifs is 1. The van der Waals surface area contributed by atoms with E-state index in [0.29, 0.717) is 10.2 Å². The Balaban J connectivity index is 2.36. The van der Waals surface area contributed by atoms with E-state index in [1.807, 2.05) is 0 Å². The van der Waals surface area contributed by atoms with Crippen molar-refractivity contribution in [3.05, 3.63) is 22.4 Å². The highest BCUT2D eigenvalue weighted by atomic mass is 79.9. The molecule has 0 atom stereocenters. The Hall–Kier alpha value is -0.770. The summed E-state index contributed by atoms with van der Waals surface area (Å²) in [6.07, 6.45) is 1.82. The monoisotopic (exact) mass is 287 g/mol. The lowest BCUT2D eigenvalue weighted by atomic mass is 9.95. The lowest BCUT2D eigenvalue weighted by molar-refractivity contribution is 0.0666. The van der Waals surface area contributed by atoms with Crippen LogP contribution in [-0.2, 0) is 0 Å². The summed E-state index contributed by atoms with van der Waals surface area (Å²) in [5.41, 5.74) is 0.651. The summed E-state index contributed by atoms with van der Waals surface area (Å²) in [7, 11) is 0. The number of hydrogen-bond donors (Lipinski definition) is 1. The molecule has 2 rings (SSSR count). The summed E-state index contributed by atoms with van der Waals surface area (Å²) in [5, 5.41) is 3.30. The molecule has 0 bridgehead atoms. The van der Waals surface area contributed by atoms with Gasteiger partial charge in [-0.25, -0.2) is 4.39 Å². The van der Waals surface area contributed by atoms with Crippen molar-refractivity contribution in [3.8, 4) is 5.75 Å². The largest absolute Gasteiger partial charge is 0.483 e. The summed E-state index contributed by atoms with van der Waals surface area (Å²) < 4.78 is 19.8. The van der Waals surface area contributed by atoms with Gasteiger partial charge in [-0.15, -0.1) is 0 Å². The van der Waals surface area contributed by atoms with Crippen molar-refractivity contribution in [2.75, 3.05) is 11.9 Å². The second kappa shape index (κ2) is 4.24. The third-order valence-electron chi connectivity index (χ3n) is 3.24. The average Bonchev–Trinajstić information content (AvgIpc) is 2.30. The van der Waals surface area contributed by atoms with Gasteiger partial charge in [0.05, 0.1) is 16.7 Å². The standard InChI is InChI=1S/C12H15BrFNO/c1-3-12(4-2)7-15-10-5-8(13)9(14)6-11(10)16-12/h5-6,15H,3-4,7H2,1-2H3. The highest BCUT2D eigenvalue weighted by molar-refractivity contribution is 9.10. The molecular weight excluding hydrogens is 273 g/mol. The molecule has 0 radical (unpaired) electrons. The van der Waals surface area contributed by atoms with Gasteiger partial charge in [-0.2, -0.15) is 0 Å². The van der Waals surface area contributed by atoms with Crippen LogP contribution in [0.3, 0.4) is 0 Å². The van der Waals surface area contributed by atoms with E-state index in [4.69, 9.17) is 4.74 Å². The molecule has 1 aromatic carbocycles. The van der Waals surface area contributed by atoms with E-state index >= 15 is 0 Å². The Morgan fingerprint density at radius 2 is 2.12 bits per heavy atom. The van der Waals surface area contributed by atoms with Crippen LogP contribution in [0.4, 0.5) is 10.1 Å². The van der Waals surface area contributed by atoms with E-state index in [0.717, 1.165) is 25.1 Å². The predicted molar refractivity (Wildman–Crippen MR) is 66.5 cm³/mol. The number of halogens is 2. The van der Waals surface area contributed by atoms with Crippen LogP contribution in [0.25, 0.3) is 0 Å². The van der Waals surface area contributed by atoms with E-state index in [1.165, 1.54) is 6.07 Å². The van der Waals surface area contributed by atoms with Crippen molar-refractivity contribution < 1.29 is 9.13 Å². The fourth-order valence-corrected chi connectivity index (χ4v) is 2.26. The van der Waals surface area contributed by atoms with Gasteiger partial charge in [0.15, 0.2) is 0 Å². The summed E-state index contributed by atoms with van der Waals surface area (Å²) in [6.45, 7) is 4.95. The third kappa shape index (κ3) is 1.90. The fourth-order valence-electron chi connectivity index (χ4n) is 1.92. The Kier molecular flexibility index (Phi) is 3.10. The molecule has 1 N–H and O–H groups in total. The van der Waals surface area contributed by atoms with Crippen molar-refractivity contribution >= 4 is 21.6 Å². The normalized spacial score (nSPS) is 17.2. The minimum atomic E-state index is -0.288. The number of rotatable bonds is 2. The molecule has 88 valence electrons. The Morgan fingerprint density at radius 3 is 2.75 bits per heavy atom. The quantitative estimate of drug-likeness (QED) is 0.889. The first-order valence-electron chi connectivity index (χ1n) is 5.52. The number of nitrogens with one attached hydrogen (secondary N) is 1. The molecule has 0 amide bonds. The zero-order chi connectivity index (χ0) is 11.8. The Labute approximate surface area is 103 Å². The van der Waals surface area contributed by atoms with Gasteiger partial charge in [0.1, 0.15) is 17.2 Å². The highest BCUT2D eigenvalue weighted by Crippen LogP contribution is 2.38. The maximum Gasteiger partial charge on any atom is 0.146 e. The first-order chi connectivity index (χ1) is 7.60. The van der Waals surface area contributed by atoms with Crippen molar-refractivity contribution in [2.45, 2.75) is 32.3 Å². The van der Waals surface area contributed by atoms with Gasteiger partial charge in [0, 0.05) is 6.07 Å². The predicted octanol–water partition coefficient (Wildman–Crippen LogP) is 3.95. The van der Waals surface area contributed by atoms with E-state index in [2.05, 4.69) is 35.1 Å². The van der Waals surface area contributed by atoms with Gasteiger partial charge in [-0.05, 0) is 34.8 Å². The van der Waals surface area contributed by atoms with Gasteiger partial charge in [0.2, 0.25) is 0 Å². The average molecular weight is 288 g/mol. The SMILES string of the molecule is CCC1(CC)CNc2cc(Br)c(F)cc2O1. The molecule has 0 unspecified atom stereocenters. The molecule has 1 heterocycles. The molecule has 0 spiro atoms. The zero-order valence-corrected chi connectivity index (χ0v) is 11.0. The minimum absolute atomic E-state index is 0.201. The van der Waals surface area contributed by atoms with Crippen LogP contribution >= 0.6 is 15.9 Å². The van der Waals surface area contributed by atoms with Crippen LogP contribution in [-0.4, -0.2) is 12.1 Å². The Bertz CT molecular complexity index is 404. The third-order valence-corrected chi connectivity index (χ3v) is 3.85. The molecule has 1 aliphatic heterocycles. The molecule has 0 saturated carbocycles. The number of ether oxygens (including phenoxy) is 1. The molecule has 0 fully saturated rings. The first-order valence-corrected chi connectivity index (χ1v) is 6.31. The molecule has 4 heteroatoms. The highest BCUT2D eigenvalue weighted by Gasteiger charge is 2.33. The van der Waals surface area contributed by atoms with Gasteiger partial charge < -0.3 is 10.1 Å². The lowest BCUT2D eigenvalue weighted by Crippen LogP contribution is -2.44. The molecule has 0 aromatic heterocycles. The number of anilines is 1.